The molecule has 1 atom stereocenters. The number of hydrogen-bond donors (Lipinski definition) is 1. The van der Waals surface area contributed by atoms with Crippen LogP contribution in [0, 0.1) is 5.92 Å². The lowest BCUT2D eigenvalue weighted by molar-refractivity contribution is -0.125. The largest absolute Gasteiger partial charge is 0.352 e. The molecular formula is C17H20N4O. The van der Waals surface area contributed by atoms with E-state index in [-0.39, 0.29) is 11.8 Å². The second-order valence-electron chi connectivity index (χ2n) is 5.59. The van der Waals surface area contributed by atoms with Crippen molar-refractivity contribution in [2.45, 2.75) is 25.8 Å². The van der Waals surface area contributed by atoms with E-state index in [1.54, 1.807) is 10.9 Å². The number of allylic oxidation sites excluding steroid dienone is 2. The second kappa shape index (κ2) is 6.56. The van der Waals surface area contributed by atoms with E-state index in [1.807, 2.05) is 31.4 Å². The summed E-state index contributed by atoms with van der Waals surface area (Å²) in [6.45, 7) is 0.526. The van der Waals surface area contributed by atoms with E-state index in [0.717, 1.165) is 36.2 Å². The first-order valence-corrected chi connectivity index (χ1v) is 7.60. The van der Waals surface area contributed by atoms with Crippen LogP contribution in [0.1, 0.15) is 24.8 Å². The third kappa shape index (κ3) is 3.24. The summed E-state index contributed by atoms with van der Waals surface area (Å²) in [6.07, 6.45) is 10.6. The van der Waals surface area contributed by atoms with Crippen LogP contribution in [-0.2, 0) is 18.4 Å². The van der Waals surface area contributed by atoms with Crippen LogP contribution in [0.25, 0.3) is 11.4 Å². The van der Waals surface area contributed by atoms with Gasteiger partial charge in [0.1, 0.15) is 0 Å². The van der Waals surface area contributed by atoms with Crippen LogP contribution >= 0.6 is 0 Å². The molecule has 5 heteroatoms. The Bertz CT molecular complexity index is 672. The fourth-order valence-electron chi connectivity index (χ4n) is 2.67. The van der Waals surface area contributed by atoms with Crippen molar-refractivity contribution in [2.75, 3.05) is 0 Å². The molecule has 1 amide bonds. The van der Waals surface area contributed by atoms with E-state index < -0.39 is 0 Å². The van der Waals surface area contributed by atoms with Crippen LogP contribution in [-0.4, -0.2) is 20.7 Å². The SMILES string of the molecule is Cn1nccc1-c1ccc(CNC(=O)[C@@H]2CC=CCC2)cn1. The van der Waals surface area contributed by atoms with Gasteiger partial charge in [0, 0.05) is 31.9 Å². The number of nitrogens with one attached hydrogen (secondary N) is 1. The number of nitrogens with zero attached hydrogens (tertiary/aromatic N) is 3. The number of carbonyl (C=O) groups excluding carboxylic acids is 1. The third-order valence-electron chi connectivity index (χ3n) is 4.01. The van der Waals surface area contributed by atoms with Gasteiger partial charge in [-0.05, 0) is 37.0 Å². The lowest BCUT2D eigenvalue weighted by Crippen LogP contribution is -2.30. The number of rotatable bonds is 4. The molecule has 0 unspecified atom stereocenters. The van der Waals surface area contributed by atoms with Gasteiger partial charge < -0.3 is 5.32 Å². The van der Waals surface area contributed by atoms with Crippen LogP contribution < -0.4 is 5.32 Å². The molecule has 5 nitrogen and oxygen atoms in total. The Labute approximate surface area is 130 Å². The second-order valence-corrected chi connectivity index (χ2v) is 5.59. The molecule has 1 N–H and O–H groups in total. The molecule has 2 aromatic rings. The van der Waals surface area contributed by atoms with Crippen molar-refractivity contribution in [1.82, 2.24) is 20.1 Å². The Balaban J connectivity index is 1.58. The first-order chi connectivity index (χ1) is 10.7. The molecule has 1 aliphatic carbocycles. The summed E-state index contributed by atoms with van der Waals surface area (Å²) in [6, 6.07) is 5.89. The lowest BCUT2D eigenvalue weighted by atomic mass is 9.93. The average Bonchev–Trinajstić information content (AvgIpc) is 3.00. The molecule has 114 valence electrons. The molecule has 2 aromatic heterocycles. The summed E-state index contributed by atoms with van der Waals surface area (Å²) in [7, 11) is 1.89. The highest BCUT2D eigenvalue weighted by Crippen LogP contribution is 2.18. The van der Waals surface area contributed by atoms with E-state index in [9.17, 15) is 4.79 Å². The molecule has 22 heavy (non-hydrogen) atoms. The molecule has 1 aliphatic rings. The van der Waals surface area contributed by atoms with Gasteiger partial charge in [0.05, 0.1) is 11.4 Å². The molecular weight excluding hydrogens is 276 g/mol. The van der Waals surface area contributed by atoms with Gasteiger partial charge in [-0.25, -0.2) is 0 Å². The van der Waals surface area contributed by atoms with Crippen molar-refractivity contribution in [1.29, 1.82) is 0 Å². The van der Waals surface area contributed by atoms with Crippen LogP contribution in [0.15, 0.2) is 42.7 Å². The minimum atomic E-state index is 0.117. The number of pyridine rings is 1. The standard InChI is InChI=1S/C17H20N4O/c1-21-16(9-10-20-21)15-8-7-13(11-18-15)12-19-17(22)14-5-3-2-4-6-14/h2-3,7-11,14H,4-6,12H2,1H3,(H,19,22)/t14-/m1/s1. The summed E-state index contributed by atoms with van der Waals surface area (Å²) >= 11 is 0. The van der Waals surface area contributed by atoms with E-state index in [0.29, 0.717) is 6.54 Å². The summed E-state index contributed by atoms with van der Waals surface area (Å²) in [4.78, 5) is 16.5. The van der Waals surface area contributed by atoms with E-state index in [1.165, 1.54) is 0 Å². The number of aryl methyl sites for hydroxylation is 1. The van der Waals surface area contributed by atoms with Gasteiger partial charge in [-0.3, -0.25) is 14.5 Å². The topological polar surface area (TPSA) is 59.8 Å². The molecule has 0 saturated carbocycles. The highest BCUT2D eigenvalue weighted by atomic mass is 16.1. The zero-order valence-corrected chi connectivity index (χ0v) is 12.7. The van der Waals surface area contributed by atoms with Gasteiger partial charge in [0.2, 0.25) is 5.91 Å². The maximum atomic E-state index is 12.1. The lowest BCUT2D eigenvalue weighted by Gasteiger charge is -2.17. The molecule has 3 rings (SSSR count). The molecule has 0 radical (unpaired) electrons. The Hall–Kier alpha value is -2.43. The highest BCUT2D eigenvalue weighted by molar-refractivity contribution is 5.78. The number of carbonyl (C=O) groups is 1. The molecule has 0 spiro atoms. The number of aromatic nitrogens is 3. The summed E-state index contributed by atoms with van der Waals surface area (Å²) in [5.74, 6) is 0.256. The predicted molar refractivity (Wildman–Crippen MR) is 84.8 cm³/mol. The molecule has 0 bridgehead atoms. The number of amides is 1. The minimum absolute atomic E-state index is 0.117. The van der Waals surface area contributed by atoms with Gasteiger partial charge >= 0.3 is 0 Å². The molecule has 0 aromatic carbocycles. The normalized spacial score (nSPS) is 17.4. The highest BCUT2D eigenvalue weighted by Gasteiger charge is 2.18. The first-order valence-electron chi connectivity index (χ1n) is 7.60. The Morgan fingerprint density at radius 2 is 2.27 bits per heavy atom. The number of hydrogen-bond acceptors (Lipinski definition) is 3. The summed E-state index contributed by atoms with van der Waals surface area (Å²) < 4.78 is 1.79. The summed E-state index contributed by atoms with van der Waals surface area (Å²) in [5, 5.41) is 7.14. The zero-order chi connectivity index (χ0) is 15.4. The quantitative estimate of drug-likeness (QED) is 0.882. The predicted octanol–water partition coefficient (Wildman–Crippen LogP) is 2.45. The van der Waals surface area contributed by atoms with E-state index >= 15 is 0 Å². The van der Waals surface area contributed by atoms with Crippen molar-refractivity contribution in [3.8, 4) is 11.4 Å². The molecule has 0 aliphatic heterocycles. The first kappa shape index (κ1) is 14.5. The fourth-order valence-corrected chi connectivity index (χ4v) is 2.67. The van der Waals surface area contributed by atoms with Crippen LogP contribution in [0.2, 0.25) is 0 Å². The average molecular weight is 296 g/mol. The van der Waals surface area contributed by atoms with Crippen molar-refractivity contribution < 1.29 is 4.79 Å². The zero-order valence-electron chi connectivity index (χ0n) is 12.7. The van der Waals surface area contributed by atoms with E-state index in [2.05, 4.69) is 27.6 Å². The molecule has 0 fully saturated rings. The van der Waals surface area contributed by atoms with E-state index in [4.69, 9.17) is 0 Å². The maximum Gasteiger partial charge on any atom is 0.223 e. The van der Waals surface area contributed by atoms with Gasteiger partial charge in [-0.1, -0.05) is 18.2 Å². The smallest absolute Gasteiger partial charge is 0.223 e. The maximum absolute atomic E-state index is 12.1. The minimum Gasteiger partial charge on any atom is -0.352 e. The van der Waals surface area contributed by atoms with Crippen LogP contribution in [0.4, 0.5) is 0 Å². The van der Waals surface area contributed by atoms with Gasteiger partial charge in [0.15, 0.2) is 0 Å². The monoisotopic (exact) mass is 296 g/mol. The fraction of sp³-hybridized carbons (Fsp3) is 0.353. The molecule has 0 saturated heterocycles. The summed E-state index contributed by atoms with van der Waals surface area (Å²) in [5.41, 5.74) is 2.86. The van der Waals surface area contributed by atoms with Gasteiger partial charge in [-0.15, -0.1) is 0 Å². The van der Waals surface area contributed by atoms with Crippen LogP contribution in [0.3, 0.4) is 0 Å². The van der Waals surface area contributed by atoms with Gasteiger partial charge in [-0.2, -0.15) is 5.10 Å². The van der Waals surface area contributed by atoms with Crippen molar-refractivity contribution in [3.05, 3.63) is 48.3 Å². The van der Waals surface area contributed by atoms with Crippen molar-refractivity contribution in [2.24, 2.45) is 13.0 Å². The Kier molecular flexibility index (Phi) is 4.32. The van der Waals surface area contributed by atoms with Gasteiger partial charge in [0.25, 0.3) is 0 Å². The Morgan fingerprint density at radius 1 is 1.36 bits per heavy atom. The van der Waals surface area contributed by atoms with Crippen molar-refractivity contribution >= 4 is 5.91 Å². The Morgan fingerprint density at radius 3 is 2.91 bits per heavy atom. The third-order valence-corrected chi connectivity index (χ3v) is 4.01. The van der Waals surface area contributed by atoms with Crippen LogP contribution in [0.5, 0.6) is 0 Å². The molecule has 2 heterocycles. The van der Waals surface area contributed by atoms with Crippen molar-refractivity contribution in [3.63, 3.8) is 0 Å².